The summed E-state index contributed by atoms with van der Waals surface area (Å²) in [5.74, 6) is 0.681. The van der Waals surface area contributed by atoms with E-state index in [1.165, 1.54) is 11.3 Å². The minimum absolute atomic E-state index is 0.270. The first-order chi connectivity index (χ1) is 10.1. The van der Waals surface area contributed by atoms with Gasteiger partial charge in [-0.2, -0.15) is 0 Å². The lowest BCUT2D eigenvalue weighted by Gasteiger charge is -2.17. The number of hydrogen-bond acceptors (Lipinski definition) is 4. The van der Waals surface area contributed by atoms with Crippen LogP contribution < -0.4 is 15.0 Å². The van der Waals surface area contributed by atoms with E-state index >= 15 is 0 Å². The zero-order valence-corrected chi connectivity index (χ0v) is 13.1. The van der Waals surface area contributed by atoms with Crippen molar-refractivity contribution in [2.45, 2.75) is 19.5 Å². The summed E-state index contributed by atoms with van der Waals surface area (Å²) in [7, 11) is 5.74. The molecule has 1 unspecified atom stereocenters. The van der Waals surface area contributed by atoms with Gasteiger partial charge in [-0.15, -0.1) is 0 Å². The van der Waals surface area contributed by atoms with Crippen LogP contribution in [-0.2, 0) is 6.54 Å². The van der Waals surface area contributed by atoms with Gasteiger partial charge >= 0.3 is 0 Å². The average molecular weight is 285 g/mol. The maximum absolute atomic E-state index is 5.27. The summed E-state index contributed by atoms with van der Waals surface area (Å²) in [4.78, 5) is 6.31. The summed E-state index contributed by atoms with van der Waals surface area (Å²) in [5.41, 5.74) is 3.54. The van der Waals surface area contributed by atoms with Crippen molar-refractivity contribution >= 4 is 5.69 Å². The van der Waals surface area contributed by atoms with Crippen molar-refractivity contribution in [3.8, 4) is 5.88 Å². The monoisotopic (exact) mass is 285 g/mol. The second-order valence-corrected chi connectivity index (χ2v) is 5.26. The number of pyridine rings is 1. The van der Waals surface area contributed by atoms with Crippen LogP contribution in [-0.4, -0.2) is 26.2 Å². The highest BCUT2D eigenvalue weighted by atomic mass is 16.5. The molecule has 0 amide bonds. The number of methoxy groups -OCH3 is 1. The predicted molar refractivity (Wildman–Crippen MR) is 86.8 cm³/mol. The van der Waals surface area contributed by atoms with Gasteiger partial charge in [0.15, 0.2) is 0 Å². The summed E-state index contributed by atoms with van der Waals surface area (Å²) < 4.78 is 5.27. The van der Waals surface area contributed by atoms with E-state index in [1.54, 1.807) is 13.3 Å². The van der Waals surface area contributed by atoms with Crippen molar-refractivity contribution in [2.75, 3.05) is 26.1 Å². The molecule has 0 spiro atoms. The van der Waals surface area contributed by atoms with E-state index in [2.05, 4.69) is 46.4 Å². The Balaban J connectivity index is 1.99. The van der Waals surface area contributed by atoms with Crippen LogP contribution in [0.3, 0.4) is 0 Å². The number of ether oxygens (including phenoxy) is 1. The van der Waals surface area contributed by atoms with Crippen LogP contribution in [0.15, 0.2) is 42.6 Å². The SMILES string of the molecule is COc1ncccc1CNC(C)c1ccc(N(C)C)cc1. The Morgan fingerprint density at radius 3 is 2.52 bits per heavy atom. The van der Waals surface area contributed by atoms with Crippen molar-refractivity contribution in [1.82, 2.24) is 10.3 Å². The fourth-order valence-electron chi connectivity index (χ4n) is 2.18. The minimum Gasteiger partial charge on any atom is -0.481 e. The fourth-order valence-corrected chi connectivity index (χ4v) is 2.18. The van der Waals surface area contributed by atoms with Crippen LogP contribution in [0, 0.1) is 0 Å². The molecule has 1 aromatic carbocycles. The number of rotatable bonds is 6. The molecule has 0 saturated heterocycles. The molecule has 0 aliphatic carbocycles. The van der Waals surface area contributed by atoms with Crippen molar-refractivity contribution in [3.63, 3.8) is 0 Å². The molecule has 0 aliphatic heterocycles. The summed E-state index contributed by atoms with van der Waals surface area (Å²) in [6, 6.07) is 12.8. The van der Waals surface area contributed by atoms with E-state index in [9.17, 15) is 0 Å². The molecule has 1 N–H and O–H groups in total. The molecule has 0 aliphatic rings. The standard InChI is InChI=1S/C17H23N3O/c1-13(14-7-9-16(10-8-14)20(2)3)19-12-15-6-5-11-18-17(15)21-4/h5-11,13,19H,12H2,1-4H3. The molecule has 4 heteroatoms. The molecule has 2 aromatic rings. The molecule has 2 rings (SSSR count). The molecule has 0 bridgehead atoms. The van der Waals surface area contributed by atoms with Crippen molar-refractivity contribution in [1.29, 1.82) is 0 Å². The molecule has 0 saturated carbocycles. The van der Waals surface area contributed by atoms with Crippen LogP contribution in [0.4, 0.5) is 5.69 Å². The van der Waals surface area contributed by atoms with E-state index in [1.807, 2.05) is 26.2 Å². The highest BCUT2D eigenvalue weighted by Crippen LogP contribution is 2.19. The normalized spacial score (nSPS) is 12.0. The second-order valence-electron chi connectivity index (χ2n) is 5.26. The lowest BCUT2D eigenvalue weighted by Crippen LogP contribution is -2.19. The smallest absolute Gasteiger partial charge is 0.217 e. The Hall–Kier alpha value is -2.07. The molecule has 4 nitrogen and oxygen atoms in total. The first kappa shape index (κ1) is 15.3. The first-order valence-corrected chi connectivity index (χ1v) is 7.10. The zero-order valence-electron chi connectivity index (χ0n) is 13.1. The van der Waals surface area contributed by atoms with Crippen LogP contribution in [0.2, 0.25) is 0 Å². The fraction of sp³-hybridized carbons (Fsp3) is 0.353. The third kappa shape index (κ3) is 3.95. The Kier molecular flexibility index (Phi) is 5.17. The molecule has 0 radical (unpaired) electrons. The van der Waals surface area contributed by atoms with Crippen LogP contribution in [0.1, 0.15) is 24.1 Å². The van der Waals surface area contributed by atoms with Crippen LogP contribution >= 0.6 is 0 Å². The van der Waals surface area contributed by atoms with Crippen molar-refractivity contribution in [2.24, 2.45) is 0 Å². The molecular weight excluding hydrogens is 262 g/mol. The van der Waals surface area contributed by atoms with Gasteiger partial charge in [0.05, 0.1) is 7.11 Å². The first-order valence-electron chi connectivity index (χ1n) is 7.10. The number of nitrogens with one attached hydrogen (secondary N) is 1. The van der Waals surface area contributed by atoms with Gasteiger partial charge in [-0.1, -0.05) is 18.2 Å². The van der Waals surface area contributed by atoms with E-state index in [4.69, 9.17) is 4.74 Å². The van der Waals surface area contributed by atoms with Gasteiger partial charge < -0.3 is 15.0 Å². The largest absolute Gasteiger partial charge is 0.481 e. The lowest BCUT2D eigenvalue weighted by molar-refractivity contribution is 0.389. The van der Waals surface area contributed by atoms with Crippen molar-refractivity contribution < 1.29 is 4.74 Å². The third-order valence-corrected chi connectivity index (χ3v) is 3.55. The average Bonchev–Trinajstić information content (AvgIpc) is 2.52. The van der Waals surface area contributed by atoms with E-state index < -0.39 is 0 Å². The zero-order chi connectivity index (χ0) is 15.2. The van der Waals surface area contributed by atoms with Gasteiger partial charge in [0.25, 0.3) is 0 Å². The number of benzene rings is 1. The maximum atomic E-state index is 5.27. The van der Waals surface area contributed by atoms with Crippen LogP contribution in [0.25, 0.3) is 0 Å². The topological polar surface area (TPSA) is 37.4 Å². The summed E-state index contributed by atoms with van der Waals surface area (Å²) in [6.07, 6.45) is 1.74. The van der Waals surface area contributed by atoms with Gasteiger partial charge in [0.1, 0.15) is 0 Å². The molecule has 21 heavy (non-hydrogen) atoms. The van der Waals surface area contributed by atoms with Crippen LogP contribution in [0.5, 0.6) is 5.88 Å². The molecule has 112 valence electrons. The van der Waals surface area contributed by atoms with Gasteiger partial charge in [-0.05, 0) is 30.7 Å². The highest BCUT2D eigenvalue weighted by Gasteiger charge is 2.08. The number of anilines is 1. The van der Waals surface area contributed by atoms with E-state index in [0.717, 1.165) is 12.1 Å². The Bertz CT molecular complexity index is 567. The number of nitrogens with zero attached hydrogens (tertiary/aromatic N) is 2. The quantitative estimate of drug-likeness (QED) is 0.885. The van der Waals surface area contributed by atoms with Crippen molar-refractivity contribution in [3.05, 3.63) is 53.7 Å². The van der Waals surface area contributed by atoms with Gasteiger partial charge in [0, 0.05) is 44.1 Å². The Morgan fingerprint density at radius 1 is 1.19 bits per heavy atom. The molecule has 1 atom stereocenters. The molecule has 1 heterocycles. The lowest BCUT2D eigenvalue weighted by atomic mass is 10.1. The maximum Gasteiger partial charge on any atom is 0.217 e. The minimum atomic E-state index is 0.270. The number of hydrogen-bond donors (Lipinski definition) is 1. The summed E-state index contributed by atoms with van der Waals surface area (Å²) in [5, 5.41) is 3.50. The van der Waals surface area contributed by atoms with E-state index in [0.29, 0.717) is 5.88 Å². The van der Waals surface area contributed by atoms with Gasteiger partial charge in [-0.3, -0.25) is 0 Å². The predicted octanol–water partition coefficient (Wildman–Crippen LogP) is 3.01. The third-order valence-electron chi connectivity index (χ3n) is 3.55. The Labute approximate surface area is 126 Å². The van der Waals surface area contributed by atoms with Gasteiger partial charge in [0.2, 0.25) is 5.88 Å². The summed E-state index contributed by atoms with van der Waals surface area (Å²) >= 11 is 0. The highest BCUT2D eigenvalue weighted by molar-refractivity contribution is 5.46. The Morgan fingerprint density at radius 2 is 1.90 bits per heavy atom. The molecule has 1 aromatic heterocycles. The van der Waals surface area contributed by atoms with E-state index in [-0.39, 0.29) is 6.04 Å². The summed E-state index contributed by atoms with van der Waals surface area (Å²) in [6.45, 7) is 2.89. The second kappa shape index (κ2) is 7.09. The number of aromatic nitrogens is 1. The molecular formula is C17H23N3O. The molecule has 0 fully saturated rings. The van der Waals surface area contributed by atoms with Gasteiger partial charge in [-0.25, -0.2) is 4.98 Å².